The number of H-pyrrole nitrogens is 1. The molecule has 0 saturated heterocycles. The molecule has 3 aromatic heterocycles. The Morgan fingerprint density at radius 2 is 2.06 bits per heavy atom. The van der Waals surface area contributed by atoms with Gasteiger partial charge in [-0.15, -0.1) is 11.3 Å². The number of nitriles is 1. The smallest absolute Gasteiger partial charge is 0.412 e. The van der Waals surface area contributed by atoms with Crippen LogP contribution >= 0.6 is 33.9 Å². The molecule has 4 aromatic rings. The van der Waals surface area contributed by atoms with Gasteiger partial charge in [0.05, 0.1) is 22.4 Å². The number of thiophene rings is 1. The van der Waals surface area contributed by atoms with Crippen LogP contribution in [0.1, 0.15) is 11.1 Å². The molecule has 0 spiro atoms. The van der Waals surface area contributed by atoms with E-state index in [0.29, 0.717) is 17.2 Å². The van der Waals surface area contributed by atoms with Crippen LogP contribution in [-0.4, -0.2) is 28.2 Å². The summed E-state index contributed by atoms with van der Waals surface area (Å²) < 4.78 is 5.69. The van der Waals surface area contributed by atoms with Crippen LogP contribution in [0.4, 0.5) is 10.6 Å². The van der Waals surface area contributed by atoms with Crippen molar-refractivity contribution in [3.8, 4) is 38.3 Å². The highest BCUT2D eigenvalue weighted by Crippen LogP contribution is 2.47. The van der Waals surface area contributed by atoms with E-state index in [2.05, 4.69) is 59.7 Å². The van der Waals surface area contributed by atoms with Crippen molar-refractivity contribution >= 4 is 45.8 Å². The molecule has 0 bridgehead atoms. The number of nitrogens with one attached hydrogen (secondary N) is 2. The van der Waals surface area contributed by atoms with Gasteiger partial charge in [0.15, 0.2) is 0 Å². The Kier molecular flexibility index (Phi) is 6.01. The van der Waals surface area contributed by atoms with Crippen molar-refractivity contribution in [1.29, 1.82) is 5.26 Å². The van der Waals surface area contributed by atoms with Crippen LogP contribution in [-0.2, 0) is 4.74 Å². The van der Waals surface area contributed by atoms with Crippen LogP contribution in [0.2, 0.25) is 0 Å². The standard InChI is InChI=1S/C22H16IN5O2S/c1-12-3-4-14(16(23)9-12)18-15(11-24)19(31-20(18)21-26-7-8-27-21)13-5-6-25-17(10-13)28-22(29)30-2/h3-10H,1-2H3,(H,26,27)(H,25,28,29). The van der Waals surface area contributed by atoms with E-state index in [1.165, 1.54) is 18.4 Å². The van der Waals surface area contributed by atoms with E-state index in [-0.39, 0.29) is 0 Å². The molecule has 31 heavy (non-hydrogen) atoms. The molecule has 0 atom stereocenters. The number of methoxy groups -OCH3 is 1. The van der Waals surface area contributed by atoms with Crippen molar-refractivity contribution in [3.63, 3.8) is 0 Å². The number of rotatable bonds is 4. The number of nitrogens with zero attached hydrogens (tertiary/aromatic N) is 3. The molecule has 4 rings (SSSR count). The Labute approximate surface area is 196 Å². The largest absolute Gasteiger partial charge is 0.453 e. The minimum Gasteiger partial charge on any atom is -0.453 e. The molecule has 1 amide bonds. The zero-order chi connectivity index (χ0) is 22.0. The number of carbonyl (C=O) groups is 1. The number of aromatic amines is 1. The molecule has 0 aliphatic carbocycles. The van der Waals surface area contributed by atoms with Gasteiger partial charge in [-0.25, -0.2) is 14.8 Å². The molecule has 0 saturated carbocycles. The monoisotopic (exact) mass is 541 g/mol. The zero-order valence-electron chi connectivity index (χ0n) is 16.6. The van der Waals surface area contributed by atoms with Crippen molar-refractivity contribution in [3.05, 3.63) is 63.6 Å². The number of anilines is 1. The van der Waals surface area contributed by atoms with Crippen LogP contribution in [0.15, 0.2) is 48.9 Å². The molecule has 9 heteroatoms. The Morgan fingerprint density at radius 3 is 2.74 bits per heavy atom. The summed E-state index contributed by atoms with van der Waals surface area (Å²) in [5.41, 5.74) is 4.27. The first-order valence-corrected chi connectivity index (χ1v) is 11.1. The predicted octanol–water partition coefficient (Wildman–Crippen LogP) is 5.83. The fourth-order valence-corrected chi connectivity index (χ4v) is 5.33. The lowest BCUT2D eigenvalue weighted by molar-refractivity contribution is 0.187. The van der Waals surface area contributed by atoms with Gasteiger partial charge in [-0.2, -0.15) is 5.26 Å². The van der Waals surface area contributed by atoms with Crippen LogP contribution < -0.4 is 5.32 Å². The zero-order valence-corrected chi connectivity index (χ0v) is 19.5. The minimum absolute atomic E-state index is 0.340. The van der Waals surface area contributed by atoms with E-state index in [4.69, 9.17) is 0 Å². The van der Waals surface area contributed by atoms with Gasteiger partial charge in [0.1, 0.15) is 17.7 Å². The van der Waals surface area contributed by atoms with Gasteiger partial charge >= 0.3 is 6.09 Å². The maximum atomic E-state index is 11.6. The average molecular weight is 541 g/mol. The third-order valence-electron chi connectivity index (χ3n) is 4.56. The van der Waals surface area contributed by atoms with Gasteiger partial charge in [0, 0.05) is 27.7 Å². The molecular weight excluding hydrogens is 525 g/mol. The first-order valence-electron chi connectivity index (χ1n) is 9.16. The van der Waals surface area contributed by atoms with Crippen molar-refractivity contribution < 1.29 is 9.53 Å². The number of benzene rings is 1. The van der Waals surface area contributed by atoms with Gasteiger partial charge in [-0.3, -0.25) is 5.32 Å². The molecule has 3 heterocycles. The van der Waals surface area contributed by atoms with Gasteiger partial charge in [-0.1, -0.05) is 17.7 Å². The van der Waals surface area contributed by atoms with E-state index in [1.54, 1.807) is 24.7 Å². The first kappa shape index (κ1) is 21.0. The highest BCUT2D eigenvalue weighted by Gasteiger charge is 2.24. The highest BCUT2D eigenvalue weighted by atomic mass is 127. The summed E-state index contributed by atoms with van der Waals surface area (Å²) in [4.78, 5) is 25.0. The van der Waals surface area contributed by atoms with Crippen molar-refractivity contribution in [2.24, 2.45) is 0 Å². The second kappa shape index (κ2) is 8.87. The normalized spacial score (nSPS) is 10.5. The summed E-state index contributed by atoms with van der Waals surface area (Å²) in [6.45, 7) is 2.04. The maximum absolute atomic E-state index is 11.6. The number of carbonyl (C=O) groups excluding carboxylic acids is 1. The minimum atomic E-state index is -0.609. The number of ether oxygens (including phenoxy) is 1. The number of imidazole rings is 1. The molecule has 0 aliphatic heterocycles. The lowest BCUT2D eigenvalue weighted by Gasteiger charge is -2.08. The van der Waals surface area contributed by atoms with Gasteiger partial charge in [0.2, 0.25) is 0 Å². The first-order chi connectivity index (χ1) is 15.0. The maximum Gasteiger partial charge on any atom is 0.412 e. The molecule has 0 unspecified atom stereocenters. The lowest BCUT2D eigenvalue weighted by atomic mass is 9.98. The summed E-state index contributed by atoms with van der Waals surface area (Å²) >= 11 is 3.77. The fourth-order valence-electron chi connectivity index (χ4n) is 3.17. The van der Waals surface area contributed by atoms with Crippen LogP contribution in [0, 0.1) is 21.8 Å². The van der Waals surface area contributed by atoms with E-state index in [1.807, 2.05) is 25.1 Å². The number of aryl methyl sites for hydroxylation is 1. The predicted molar refractivity (Wildman–Crippen MR) is 129 cm³/mol. The number of halogens is 1. The SMILES string of the molecule is COC(=O)Nc1cc(-c2sc(-c3ncc[nH]3)c(-c3ccc(C)cc3I)c2C#N)ccn1. The Bertz CT molecular complexity index is 1310. The number of hydrogen-bond acceptors (Lipinski definition) is 6. The van der Waals surface area contributed by atoms with E-state index >= 15 is 0 Å². The Balaban J connectivity index is 1.94. The van der Waals surface area contributed by atoms with Crippen molar-refractivity contribution in [1.82, 2.24) is 15.0 Å². The van der Waals surface area contributed by atoms with Crippen LogP contribution in [0.3, 0.4) is 0 Å². The summed E-state index contributed by atoms with van der Waals surface area (Å²) in [5.74, 6) is 1.04. The van der Waals surface area contributed by atoms with Crippen LogP contribution in [0.5, 0.6) is 0 Å². The second-order valence-electron chi connectivity index (χ2n) is 6.59. The number of aromatic nitrogens is 3. The van der Waals surface area contributed by atoms with E-state index in [9.17, 15) is 10.1 Å². The van der Waals surface area contributed by atoms with E-state index < -0.39 is 6.09 Å². The fraction of sp³-hybridized carbons (Fsp3) is 0.0909. The molecular formula is C22H16IN5O2S. The van der Waals surface area contributed by atoms with Gasteiger partial charge in [0.25, 0.3) is 0 Å². The third kappa shape index (κ3) is 4.17. The van der Waals surface area contributed by atoms with Crippen molar-refractivity contribution in [2.75, 3.05) is 12.4 Å². The summed E-state index contributed by atoms with van der Waals surface area (Å²) in [6.07, 6.45) is 4.43. The number of amides is 1. The number of pyridine rings is 1. The molecule has 0 aliphatic rings. The summed E-state index contributed by atoms with van der Waals surface area (Å²) in [5, 5.41) is 12.7. The summed E-state index contributed by atoms with van der Waals surface area (Å²) in [6, 6.07) is 12.1. The molecule has 1 aromatic carbocycles. The molecule has 154 valence electrons. The highest BCUT2D eigenvalue weighted by molar-refractivity contribution is 14.1. The lowest BCUT2D eigenvalue weighted by Crippen LogP contribution is -2.11. The topological polar surface area (TPSA) is 104 Å². The second-order valence-corrected chi connectivity index (χ2v) is 8.77. The molecule has 0 fully saturated rings. The average Bonchev–Trinajstić information content (AvgIpc) is 3.41. The van der Waals surface area contributed by atoms with Crippen molar-refractivity contribution in [2.45, 2.75) is 6.92 Å². The molecule has 2 N–H and O–H groups in total. The van der Waals surface area contributed by atoms with E-state index in [0.717, 1.165) is 35.6 Å². The summed E-state index contributed by atoms with van der Waals surface area (Å²) in [7, 11) is 1.29. The van der Waals surface area contributed by atoms with Crippen LogP contribution in [0.25, 0.3) is 32.3 Å². The Hall–Kier alpha value is -3.23. The van der Waals surface area contributed by atoms with Gasteiger partial charge in [-0.05, 0) is 58.8 Å². The Morgan fingerprint density at radius 1 is 1.23 bits per heavy atom. The number of hydrogen-bond donors (Lipinski definition) is 2. The molecule has 0 radical (unpaired) electrons. The quantitative estimate of drug-likeness (QED) is 0.317. The molecule has 7 nitrogen and oxygen atoms in total. The van der Waals surface area contributed by atoms with Gasteiger partial charge < -0.3 is 9.72 Å². The third-order valence-corrected chi connectivity index (χ3v) is 6.70.